The molecule has 0 atom stereocenters. The summed E-state index contributed by atoms with van der Waals surface area (Å²) < 4.78 is 10.9. The first kappa shape index (κ1) is 13.8. The van der Waals surface area contributed by atoms with Gasteiger partial charge >= 0.3 is 0 Å². The molecule has 4 nitrogen and oxygen atoms in total. The topological polar surface area (TPSA) is 33.7 Å². The van der Waals surface area contributed by atoms with Gasteiger partial charge in [0.2, 0.25) is 0 Å². The van der Waals surface area contributed by atoms with Crippen molar-refractivity contribution < 1.29 is 9.47 Å². The maximum atomic E-state index is 5.60. The monoisotopic (exact) mass is 270 g/mol. The van der Waals surface area contributed by atoms with E-state index in [2.05, 4.69) is 30.1 Å². The van der Waals surface area contributed by atoms with Gasteiger partial charge in [0.05, 0.1) is 24.8 Å². The van der Waals surface area contributed by atoms with Crippen LogP contribution in [0.5, 0.6) is 0 Å². The standard InChI is InChI=1S/C13H22N2O2S/c1-11-9-13(18-12(11)2)14-10-17-8-5-15-3-6-16-7-4-15/h9,14H,3-8,10H2,1-2H3. The summed E-state index contributed by atoms with van der Waals surface area (Å²) in [4.78, 5) is 3.74. The van der Waals surface area contributed by atoms with Crippen molar-refractivity contribution in [2.45, 2.75) is 13.8 Å². The average Bonchev–Trinajstić information content (AvgIpc) is 2.70. The Balaban J connectivity index is 1.55. The van der Waals surface area contributed by atoms with Crippen molar-refractivity contribution >= 4 is 16.3 Å². The van der Waals surface area contributed by atoms with E-state index in [0.717, 1.165) is 39.5 Å². The molecular weight excluding hydrogens is 248 g/mol. The van der Waals surface area contributed by atoms with Crippen molar-refractivity contribution in [3.63, 3.8) is 0 Å². The Morgan fingerprint density at radius 1 is 1.39 bits per heavy atom. The lowest BCUT2D eigenvalue weighted by Gasteiger charge is -2.26. The van der Waals surface area contributed by atoms with Gasteiger partial charge < -0.3 is 14.8 Å². The molecule has 0 aromatic carbocycles. The second kappa shape index (κ2) is 7.09. The molecule has 0 unspecified atom stereocenters. The van der Waals surface area contributed by atoms with E-state index < -0.39 is 0 Å². The first-order chi connectivity index (χ1) is 8.75. The fourth-order valence-electron chi connectivity index (χ4n) is 1.87. The molecule has 0 amide bonds. The van der Waals surface area contributed by atoms with Crippen LogP contribution in [0.2, 0.25) is 0 Å². The summed E-state index contributed by atoms with van der Waals surface area (Å²) in [5.74, 6) is 0. The maximum Gasteiger partial charge on any atom is 0.117 e. The van der Waals surface area contributed by atoms with E-state index in [9.17, 15) is 0 Å². The molecular formula is C13H22N2O2S. The summed E-state index contributed by atoms with van der Waals surface area (Å²) in [5, 5.41) is 4.49. The first-order valence-electron chi connectivity index (χ1n) is 6.44. The third-order valence-electron chi connectivity index (χ3n) is 3.17. The molecule has 2 heterocycles. The normalized spacial score (nSPS) is 17.0. The zero-order chi connectivity index (χ0) is 12.8. The van der Waals surface area contributed by atoms with Crippen LogP contribution in [0.25, 0.3) is 0 Å². The minimum atomic E-state index is 0.587. The van der Waals surface area contributed by atoms with Crippen LogP contribution >= 0.6 is 11.3 Å². The molecule has 0 radical (unpaired) electrons. The summed E-state index contributed by atoms with van der Waals surface area (Å²) in [7, 11) is 0. The Hall–Kier alpha value is -0.620. The van der Waals surface area contributed by atoms with Crippen LogP contribution in [0.1, 0.15) is 10.4 Å². The molecule has 1 aliphatic heterocycles. The molecule has 1 aromatic heterocycles. The maximum absolute atomic E-state index is 5.60. The van der Waals surface area contributed by atoms with Gasteiger partial charge in [0.25, 0.3) is 0 Å². The molecule has 0 aliphatic carbocycles. The number of rotatable bonds is 6. The van der Waals surface area contributed by atoms with Crippen LogP contribution in [0.4, 0.5) is 5.00 Å². The van der Waals surface area contributed by atoms with Crippen molar-refractivity contribution in [3.8, 4) is 0 Å². The van der Waals surface area contributed by atoms with Gasteiger partial charge in [-0.1, -0.05) is 0 Å². The van der Waals surface area contributed by atoms with Crippen molar-refractivity contribution in [2.75, 3.05) is 51.5 Å². The molecule has 0 bridgehead atoms. The second-order valence-electron chi connectivity index (χ2n) is 4.53. The van der Waals surface area contributed by atoms with E-state index in [1.165, 1.54) is 15.4 Å². The summed E-state index contributed by atoms with van der Waals surface area (Å²) in [6, 6.07) is 2.17. The molecule has 0 saturated carbocycles. The SMILES string of the molecule is Cc1cc(NCOCCN2CCOCC2)sc1C. The Labute approximate surface area is 113 Å². The summed E-state index contributed by atoms with van der Waals surface area (Å²) in [6.45, 7) is 10.4. The number of hydrogen-bond donors (Lipinski definition) is 1. The molecule has 1 fully saturated rings. The Kier molecular flexibility index (Phi) is 5.44. The fourth-order valence-corrected chi connectivity index (χ4v) is 2.79. The Morgan fingerprint density at radius 3 is 2.83 bits per heavy atom. The predicted octanol–water partition coefficient (Wildman–Crippen LogP) is 2.08. The number of morpholine rings is 1. The third kappa shape index (κ3) is 4.24. The van der Waals surface area contributed by atoms with E-state index in [0.29, 0.717) is 6.73 Å². The van der Waals surface area contributed by atoms with Gasteiger partial charge in [0, 0.05) is 24.5 Å². The van der Waals surface area contributed by atoms with Gasteiger partial charge in [0.1, 0.15) is 6.73 Å². The smallest absolute Gasteiger partial charge is 0.117 e. The van der Waals surface area contributed by atoms with Crippen molar-refractivity contribution in [1.29, 1.82) is 0 Å². The summed E-state index contributed by atoms with van der Waals surface area (Å²) in [5.41, 5.74) is 1.34. The highest BCUT2D eigenvalue weighted by molar-refractivity contribution is 7.16. The number of anilines is 1. The molecule has 1 N–H and O–H groups in total. The van der Waals surface area contributed by atoms with Crippen LogP contribution in [-0.4, -0.2) is 51.1 Å². The lowest BCUT2D eigenvalue weighted by molar-refractivity contribution is 0.0224. The number of nitrogens with one attached hydrogen (secondary N) is 1. The highest BCUT2D eigenvalue weighted by Gasteiger charge is 2.09. The number of aryl methyl sites for hydroxylation is 2. The largest absolute Gasteiger partial charge is 0.379 e. The lowest BCUT2D eigenvalue weighted by atomic mass is 10.3. The quantitative estimate of drug-likeness (QED) is 0.634. The van der Waals surface area contributed by atoms with Gasteiger partial charge in [-0.25, -0.2) is 0 Å². The van der Waals surface area contributed by atoms with Crippen molar-refractivity contribution in [2.24, 2.45) is 0 Å². The highest BCUT2D eigenvalue weighted by atomic mass is 32.1. The van der Waals surface area contributed by atoms with Gasteiger partial charge in [-0.3, -0.25) is 4.90 Å². The van der Waals surface area contributed by atoms with E-state index in [1.807, 2.05) is 0 Å². The zero-order valence-corrected chi connectivity index (χ0v) is 12.0. The number of nitrogens with zero attached hydrogens (tertiary/aromatic N) is 1. The third-order valence-corrected chi connectivity index (χ3v) is 4.28. The van der Waals surface area contributed by atoms with Crippen LogP contribution in [0, 0.1) is 13.8 Å². The molecule has 5 heteroatoms. The van der Waals surface area contributed by atoms with Crippen LogP contribution in [0.3, 0.4) is 0 Å². The van der Waals surface area contributed by atoms with Crippen LogP contribution in [0.15, 0.2) is 6.07 Å². The number of hydrogen-bond acceptors (Lipinski definition) is 5. The molecule has 1 saturated heterocycles. The van der Waals surface area contributed by atoms with Crippen molar-refractivity contribution in [3.05, 3.63) is 16.5 Å². The average molecular weight is 270 g/mol. The van der Waals surface area contributed by atoms with Gasteiger partial charge in [-0.15, -0.1) is 11.3 Å². The number of thiophene rings is 1. The Bertz CT molecular complexity index is 342. The zero-order valence-electron chi connectivity index (χ0n) is 11.2. The summed E-state index contributed by atoms with van der Waals surface area (Å²) in [6.07, 6.45) is 0. The van der Waals surface area contributed by atoms with E-state index >= 15 is 0 Å². The minimum Gasteiger partial charge on any atom is -0.379 e. The molecule has 1 aromatic rings. The fraction of sp³-hybridized carbons (Fsp3) is 0.692. The molecule has 102 valence electrons. The van der Waals surface area contributed by atoms with E-state index in [4.69, 9.17) is 9.47 Å². The molecule has 1 aliphatic rings. The summed E-state index contributed by atoms with van der Waals surface area (Å²) >= 11 is 1.78. The van der Waals surface area contributed by atoms with Crippen LogP contribution < -0.4 is 5.32 Å². The van der Waals surface area contributed by atoms with Gasteiger partial charge in [-0.05, 0) is 25.5 Å². The minimum absolute atomic E-state index is 0.587. The predicted molar refractivity (Wildman–Crippen MR) is 75.5 cm³/mol. The van der Waals surface area contributed by atoms with Gasteiger partial charge in [0.15, 0.2) is 0 Å². The number of ether oxygens (including phenoxy) is 2. The van der Waals surface area contributed by atoms with E-state index in [-0.39, 0.29) is 0 Å². The molecule has 2 rings (SSSR count). The van der Waals surface area contributed by atoms with E-state index in [1.54, 1.807) is 11.3 Å². The van der Waals surface area contributed by atoms with Gasteiger partial charge in [-0.2, -0.15) is 0 Å². The Morgan fingerprint density at radius 2 is 2.17 bits per heavy atom. The molecule has 0 spiro atoms. The highest BCUT2D eigenvalue weighted by Crippen LogP contribution is 2.24. The lowest BCUT2D eigenvalue weighted by Crippen LogP contribution is -2.38. The first-order valence-corrected chi connectivity index (χ1v) is 7.26. The second-order valence-corrected chi connectivity index (χ2v) is 5.79. The van der Waals surface area contributed by atoms with Crippen molar-refractivity contribution in [1.82, 2.24) is 4.90 Å². The van der Waals surface area contributed by atoms with Crippen LogP contribution in [-0.2, 0) is 9.47 Å². The molecule has 18 heavy (non-hydrogen) atoms.